The zero-order chi connectivity index (χ0) is 21.1. The van der Waals surface area contributed by atoms with E-state index in [1.807, 2.05) is 30.0 Å². The largest absolute Gasteiger partial charge is 0.339 e. The number of carbonyl (C=O) groups excluding carboxylic acids is 1. The van der Waals surface area contributed by atoms with E-state index in [4.69, 9.17) is 0 Å². The van der Waals surface area contributed by atoms with E-state index in [1.165, 1.54) is 5.56 Å². The molecule has 0 aromatic heterocycles. The molecule has 2 saturated heterocycles. The third-order valence-corrected chi connectivity index (χ3v) is 8.31. The van der Waals surface area contributed by atoms with Gasteiger partial charge in [0.25, 0.3) is 5.91 Å². The summed E-state index contributed by atoms with van der Waals surface area (Å²) in [5, 5.41) is 0. The molecule has 0 unspecified atom stereocenters. The lowest BCUT2D eigenvalue weighted by molar-refractivity contribution is 0.0792. The fourth-order valence-electron chi connectivity index (χ4n) is 4.53. The van der Waals surface area contributed by atoms with Gasteiger partial charge in [-0.1, -0.05) is 36.4 Å². The number of likely N-dealkylation sites (tertiary alicyclic amines) is 1. The molecule has 2 aliphatic rings. The summed E-state index contributed by atoms with van der Waals surface area (Å²) in [6.07, 6.45) is 4.74. The van der Waals surface area contributed by atoms with Gasteiger partial charge in [0.2, 0.25) is 10.0 Å². The van der Waals surface area contributed by atoms with Crippen LogP contribution in [0.3, 0.4) is 0 Å². The normalized spacial score (nSPS) is 18.6. The molecule has 0 radical (unpaired) electrons. The molecule has 0 N–H and O–H groups in total. The average Bonchev–Trinajstić information content (AvgIpc) is 3.29. The van der Waals surface area contributed by atoms with Crippen LogP contribution in [0.25, 0.3) is 0 Å². The lowest BCUT2D eigenvalue weighted by Gasteiger charge is -2.31. The fourth-order valence-corrected chi connectivity index (χ4v) is 6.03. The van der Waals surface area contributed by atoms with Gasteiger partial charge in [0.15, 0.2) is 0 Å². The number of piperidine rings is 1. The van der Waals surface area contributed by atoms with E-state index in [2.05, 4.69) is 12.1 Å². The molecule has 4 rings (SSSR count). The molecule has 2 heterocycles. The maximum atomic E-state index is 13.3. The second kappa shape index (κ2) is 8.90. The molecule has 30 heavy (non-hydrogen) atoms. The number of hydrogen-bond acceptors (Lipinski definition) is 3. The van der Waals surface area contributed by atoms with Gasteiger partial charge in [-0.05, 0) is 68.2 Å². The molecule has 2 aromatic rings. The van der Waals surface area contributed by atoms with Crippen molar-refractivity contribution in [3.05, 3.63) is 65.2 Å². The first-order valence-electron chi connectivity index (χ1n) is 10.9. The Balaban J connectivity index is 1.46. The molecule has 2 fully saturated rings. The van der Waals surface area contributed by atoms with Crippen molar-refractivity contribution in [1.82, 2.24) is 9.21 Å². The molecule has 2 aromatic carbocycles. The molecule has 6 heteroatoms. The van der Waals surface area contributed by atoms with Gasteiger partial charge in [-0.25, -0.2) is 8.42 Å². The van der Waals surface area contributed by atoms with E-state index in [1.54, 1.807) is 22.5 Å². The first-order valence-corrected chi connectivity index (χ1v) is 12.3. The molecular weight excluding hydrogens is 396 g/mol. The van der Waals surface area contributed by atoms with Crippen LogP contribution < -0.4 is 0 Å². The van der Waals surface area contributed by atoms with Crippen LogP contribution in [-0.2, 0) is 16.4 Å². The Morgan fingerprint density at radius 2 is 1.63 bits per heavy atom. The Kier molecular flexibility index (Phi) is 6.25. The molecular formula is C24H30N2O3S. The molecule has 0 atom stereocenters. The molecule has 2 aliphatic heterocycles. The van der Waals surface area contributed by atoms with Crippen molar-refractivity contribution in [2.45, 2.75) is 43.9 Å². The predicted octanol–water partition coefficient (Wildman–Crippen LogP) is 3.87. The predicted molar refractivity (Wildman–Crippen MR) is 118 cm³/mol. The lowest BCUT2D eigenvalue weighted by Crippen LogP contribution is -2.39. The number of aryl methyl sites for hydroxylation is 1. The van der Waals surface area contributed by atoms with Crippen LogP contribution in [0.2, 0.25) is 0 Å². The Hall–Kier alpha value is -2.18. The van der Waals surface area contributed by atoms with Crippen LogP contribution in [0.1, 0.15) is 47.2 Å². The van der Waals surface area contributed by atoms with E-state index in [9.17, 15) is 13.2 Å². The molecule has 0 saturated carbocycles. The smallest absolute Gasteiger partial charge is 0.254 e. The summed E-state index contributed by atoms with van der Waals surface area (Å²) in [4.78, 5) is 14.9. The number of carbonyl (C=O) groups is 1. The Morgan fingerprint density at radius 3 is 2.30 bits per heavy atom. The zero-order valence-electron chi connectivity index (χ0n) is 17.6. The van der Waals surface area contributed by atoms with E-state index >= 15 is 0 Å². The monoisotopic (exact) mass is 426 g/mol. The molecule has 160 valence electrons. The molecule has 0 spiro atoms. The summed E-state index contributed by atoms with van der Waals surface area (Å²) in [7, 11) is -3.59. The van der Waals surface area contributed by atoms with Crippen molar-refractivity contribution in [3.8, 4) is 0 Å². The highest BCUT2D eigenvalue weighted by Crippen LogP contribution is 2.27. The highest BCUT2D eigenvalue weighted by molar-refractivity contribution is 7.89. The first-order chi connectivity index (χ1) is 14.4. The van der Waals surface area contributed by atoms with Crippen LogP contribution in [0.15, 0.2) is 53.4 Å². The second-order valence-corrected chi connectivity index (χ2v) is 10.5. The minimum atomic E-state index is -3.59. The van der Waals surface area contributed by atoms with Crippen molar-refractivity contribution < 1.29 is 13.2 Å². The first kappa shape index (κ1) is 21.1. The van der Waals surface area contributed by atoms with Gasteiger partial charge >= 0.3 is 0 Å². The second-order valence-electron chi connectivity index (χ2n) is 8.51. The quantitative estimate of drug-likeness (QED) is 0.729. The third-order valence-electron chi connectivity index (χ3n) is 6.41. The number of amides is 1. The van der Waals surface area contributed by atoms with Crippen molar-refractivity contribution in [2.24, 2.45) is 5.92 Å². The standard InChI is InChI=1S/C24H30N2O3S/c1-19-9-10-22(18-23(19)24(27)25-13-5-6-14-25)30(28,29)26-15-11-21(12-16-26)17-20-7-3-2-4-8-20/h2-4,7-10,18,21H,5-6,11-17H2,1H3. The van der Waals surface area contributed by atoms with Crippen LogP contribution in [0.4, 0.5) is 0 Å². The lowest BCUT2D eigenvalue weighted by atomic mass is 9.91. The summed E-state index contributed by atoms with van der Waals surface area (Å²) < 4.78 is 28.1. The van der Waals surface area contributed by atoms with Gasteiger partial charge in [-0.3, -0.25) is 4.79 Å². The molecule has 0 aliphatic carbocycles. The number of rotatable bonds is 5. The maximum Gasteiger partial charge on any atom is 0.254 e. The minimum absolute atomic E-state index is 0.0522. The van der Waals surface area contributed by atoms with Crippen LogP contribution in [0, 0.1) is 12.8 Å². The number of nitrogens with zero attached hydrogens (tertiary/aromatic N) is 2. The zero-order valence-corrected chi connectivity index (χ0v) is 18.4. The molecule has 0 bridgehead atoms. The van der Waals surface area contributed by atoms with Crippen molar-refractivity contribution in [2.75, 3.05) is 26.2 Å². The Bertz CT molecular complexity index is 990. The van der Waals surface area contributed by atoms with Gasteiger partial charge in [0, 0.05) is 31.7 Å². The molecule has 5 nitrogen and oxygen atoms in total. The van der Waals surface area contributed by atoms with Crippen LogP contribution in [-0.4, -0.2) is 49.7 Å². The fraction of sp³-hybridized carbons (Fsp3) is 0.458. The summed E-state index contributed by atoms with van der Waals surface area (Å²) in [6, 6.07) is 15.4. The minimum Gasteiger partial charge on any atom is -0.339 e. The van der Waals surface area contributed by atoms with Crippen molar-refractivity contribution >= 4 is 15.9 Å². The van der Waals surface area contributed by atoms with E-state index in [0.29, 0.717) is 24.6 Å². The van der Waals surface area contributed by atoms with Gasteiger partial charge in [0.1, 0.15) is 0 Å². The SMILES string of the molecule is Cc1ccc(S(=O)(=O)N2CCC(Cc3ccccc3)CC2)cc1C(=O)N1CCCC1. The Labute approximate surface area is 179 Å². The molecule has 1 amide bonds. The highest BCUT2D eigenvalue weighted by Gasteiger charge is 2.31. The summed E-state index contributed by atoms with van der Waals surface area (Å²) in [5.41, 5.74) is 2.65. The van der Waals surface area contributed by atoms with Crippen molar-refractivity contribution in [1.29, 1.82) is 0 Å². The summed E-state index contributed by atoms with van der Waals surface area (Å²) in [6.45, 7) is 4.44. The van der Waals surface area contributed by atoms with E-state index in [-0.39, 0.29) is 10.8 Å². The average molecular weight is 427 g/mol. The maximum absolute atomic E-state index is 13.3. The number of hydrogen-bond donors (Lipinski definition) is 0. The van der Waals surface area contributed by atoms with Gasteiger partial charge in [0.05, 0.1) is 4.90 Å². The number of sulfonamides is 1. The van der Waals surface area contributed by atoms with Gasteiger partial charge in [-0.2, -0.15) is 4.31 Å². The van der Waals surface area contributed by atoms with E-state index in [0.717, 1.165) is 50.8 Å². The van der Waals surface area contributed by atoms with Gasteiger partial charge < -0.3 is 4.90 Å². The van der Waals surface area contributed by atoms with Gasteiger partial charge in [-0.15, -0.1) is 0 Å². The summed E-state index contributed by atoms with van der Waals surface area (Å²) in [5.74, 6) is 0.452. The number of benzene rings is 2. The van der Waals surface area contributed by atoms with Crippen LogP contribution in [0.5, 0.6) is 0 Å². The third kappa shape index (κ3) is 4.44. The Morgan fingerprint density at radius 1 is 0.967 bits per heavy atom. The van der Waals surface area contributed by atoms with E-state index < -0.39 is 10.0 Å². The van der Waals surface area contributed by atoms with Crippen LogP contribution >= 0.6 is 0 Å². The topological polar surface area (TPSA) is 57.7 Å². The van der Waals surface area contributed by atoms with Crippen molar-refractivity contribution in [3.63, 3.8) is 0 Å². The summed E-state index contributed by atoms with van der Waals surface area (Å²) >= 11 is 0. The highest BCUT2D eigenvalue weighted by atomic mass is 32.2.